The van der Waals surface area contributed by atoms with Gasteiger partial charge in [0.15, 0.2) is 5.78 Å². The first-order valence-electron chi connectivity index (χ1n) is 11.4. The van der Waals surface area contributed by atoms with Gasteiger partial charge in [0.1, 0.15) is 5.54 Å². The molecule has 1 aliphatic carbocycles. The Morgan fingerprint density at radius 2 is 1.58 bits per heavy atom. The maximum absolute atomic E-state index is 13.4. The predicted molar refractivity (Wildman–Crippen MR) is 126 cm³/mol. The molecule has 0 spiro atoms. The summed E-state index contributed by atoms with van der Waals surface area (Å²) < 4.78 is 0. The van der Waals surface area contributed by atoms with E-state index in [1.54, 1.807) is 0 Å². The van der Waals surface area contributed by atoms with E-state index in [4.69, 9.17) is 0 Å². The van der Waals surface area contributed by atoms with Gasteiger partial charge in [0.05, 0.1) is 11.4 Å². The van der Waals surface area contributed by atoms with Crippen molar-refractivity contribution in [2.24, 2.45) is 0 Å². The predicted octanol–water partition coefficient (Wildman–Crippen LogP) is 5.13. The van der Waals surface area contributed by atoms with Crippen molar-refractivity contribution in [1.29, 1.82) is 0 Å². The largest absolute Gasteiger partial charge is 0.378 e. The second kappa shape index (κ2) is 8.37. The molecule has 2 aliphatic rings. The highest BCUT2D eigenvalue weighted by molar-refractivity contribution is 6.10. The second-order valence-electron chi connectivity index (χ2n) is 9.91. The minimum absolute atomic E-state index is 0.0259. The van der Waals surface area contributed by atoms with Crippen molar-refractivity contribution >= 4 is 23.1 Å². The summed E-state index contributed by atoms with van der Waals surface area (Å²) in [4.78, 5) is 26.4. The number of amides is 1. The summed E-state index contributed by atoms with van der Waals surface area (Å²) >= 11 is 0. The first-order chi connectivity index (χ1) is 14.8. The van der Waals surface area contributed by atoms with Gasteiger partial charge < -0.3 is 16.0 Å². The summed E-state index contributed by atoms with van der Waals surface area (Å²) in [7, 11) is 0. The van der Waals surface area contributed by atoms with E-state index in [0.29, 0.717) is 17.5 Å². The first-order valence-corrected chi connectivity index (χ1v) is 11.4. The molecule has 31 heavy (non-hydrogen) atoms. The van der Waals surface area contributed by atoms with Crippen molar-refractivity contribution < 1.29 is 9.59 Å². The van der Waals surface area contributed by atoms with Gasteiger partial charge in [-0.3, -0.25) is 9.59 Å². The highest BCUT2D eigenvalue weighted by Crippen LogP contribution is 2.38. The maximum atomic E-state index is 13.4. The number of ketones is 1. The van der Waals surface area contributed by atoms with Crippen LogP contribution in [0.3, 0.4) is 0 Å². The van der Waals surface area contributed by atoms with Crippen LogP contribution in [0.5, 0.6) is 0 Å². The summed E-state index contributed by atoms with van der Waals surface area (Å²) in [6.07, 6.45) is 6.33. The van der Waals surface area contributed by atoms with Crippen molar-refractivity contribution in [1.82, 2.24) is 5.32 Å². The molecule has 2 aromatic rings. The van der Waals surface area contributed by atoms with Crippen LogP contribution in [0.4, 0.5) is 11.4 Å². The van der Waals surface area contributed by atoms with Crippen molar-refractivity contribution in [3.8, 4) is 0 Å². The molecule has 1 aliphatic heterocycles. The lowest BCUT2D eigenvalue weighted by atomic mass is 9.84. The Kier molecular flexibility index (Phi) is 5.78. The monoisotopic (exact) mass is 419 g/mol. The number of rotatable bonds is 4. The first kappa shape index (κ1) is 21.4. The molecule has 5 nitrogen and oxygen atoms in total. The highest BCUT2D eigenvalue weighted by atomic mass is 16.2. The van der Waals surface area contributed by atoms with Crippen LogP contribution in [-0.4, -0.2) is 28.8 Å². The molecule has 1 atom stereocenters. The molecule has 0 bridgehead atoms. The second-order valence-corrected chi connectivity index (χ2v) is 9.91. The average Bonchev–Trinajstić information content (AvgIpc) is 2.86. The smallest absolute Gasteiger partial charge is 0.245 e. The van der Waals surface area contributed by atoms with Gasteiger partial charge in [-0.15, -0.1) is 0 Å². The standard InChI is InChI=1S/C26H33N3O2/c1-25(2)17-26(3,24(31)27-20-12-8-5-9-13-20)29-22-16-19(14-15-21(22)28-25)23(30)18-10-6-4-7-11-18/h4,6-7,10-11,14-16,20,28-29H,5,8-9,12-13,17H2,1-3H3,(H,27,31). The molecular weight excluding hydrogens is 386 g/mol. The quantitative estimate of drug-likeness (QED) is 0.601. The molecule has 0 radical (unpaired) electrons. The number of hydrogen-bond donors (Lipinski definition) is 3. The van der Waals surface area contributed by atoms with E-state index in [1.165, 1.54) is 19.3 Å². The van der Waals surface area contributed by atoms with Gasteiger partial charge in [-0.25, -0.2) is 0 Å². The highest BCUT2D eigenvalue weighted by Gasteiger charge is 2.42. The van der Waals surface area contributed by atoms with Crippen LogP contribution in [0.15, 0.2) is 48.5 Å². The van der Waals surface area contributed by atoms with Crippen molar-refractivity contribution in [2.75, 3.05) is 10.6 Å². The molecule has 0 saturated heterocycles. The van der Waals surface area contributed by atoms with Crippen LogP contribution in [0.1, 0.15) is 75.2 Å². The van der Waals surface area contributed by atoms with Crippen molar-refractivity contribution in [3.63, 3.8) is 0 Å². The third kappa shape index (κ3) is 4.76. The number of fused-ring (bicyclic) bond motifs is 1. The molecule has 1 saturated carbocycles. The van der Waals surface area contributed by atoms with Crippen LogP contribution in [0, 0.1) is 0 Å². The molecule has 1 unspecified atom stereocenters. The van der Waals surface area contributed by atoms with Crippen LogP contribution in [0.25, 0.3) is 0 Å². The van der Waals surface area contributed by atoms with Gasteiger partial charge in [0.2, 0.25) is 5.91 Å². The lowest BCUT2D eigenvalue weighted by Crippen LogP contribution is -2.56. The van der Waals surface area contributed by atoms with E-state index in [0.717, 1.165) is 24.2 Å². The third-order valence-corrected chi connectivity index (χ3v) is 6.44. The van der Waals surface area contributed by atoms with E-state index in [9.17, 15) is 9.59 Å². The van der Waals surface area contributed by atoms with E-state index < -0.39 is 5.54 Å². The van der Waals surface area contributed by atoms with E-state index in [2.05, 4.69) is 29.8 Å². The fraction of sp³-hybridized carbons (Fsp3) is 0.462. The molecule has 4 rings (SSSR count). The Balaban J connectivity index is 1.63. The third-order valence-electron chi connectivity index (χ3n) is 6.44. The lowest BCUT2D eigenvalue weighted by molar-refractivity contribution is -0.126. The summed E-state index contributed by atoms with van der Waals surface area (Å²) in [5.74, 6) is 0.00369. The van der Waals surface area contributed by atoms with Crippen LogP contribution in [0.2, 0.25) is 0 Å². The topological polar surface area (TPSA) is 70.2 Å². The normalized spacial score (nSPS) is 22.9. The fourth-order valence-corrected chi connectivity index (χ4v) is 5.02. The SMILES string of the molecule is CC1(C)CC(C)(C(=O)NC2CCCCC2)Nc2cc(C(=O)c3ccccc3)ccc2N1. The van der Waals surface area contributed by atoms with Crippen molar-refractivity contribution in [2.45, 2.75) is 76.4 Å². The van der Waals surface area contributed by atoms with Crippen molar-refractivity contribution in [3.05, 3.63) is 59.7 Å². The van der Waals surface area contributed by atoms with Crippen LogP contribution < -0.4 is 16.0 Å². The van der Waals surface area contributed by atoms with Gasteiger partial charge in [0.25, 0.3) is 0 Å². The number of anilines is 2. The molecule has 1 heterocycles. The van der Waals surface area contributed by atoms with Gasteiger partial charge in [-0.05, 0) is 51.8 Å². The maximum Gasteiger partial charge on any atom is 0.245 e. The molecule has 0 aromatic heterocycles. The van der Waals surface area contributed by atoms with Gasteiger partial charge in [0, 0.05) is 29.1 Å². The summed E-state index contributed by atoms with van der Waals surface area (Å²) in [5.41, 5.74) is 1.88. The summed E-state index contributed by atoms with van der Waals surface area (Å²) in [5, 5.41) is 10.4. The Morgan fingerprint density at radius 1 is 0.871 bits per heavy atom. The van der Waals surface area contributed by atoms with Crippen LogP contribution >= 0.6 is 0 Å². The Hall–Kier alpha value is -2.82. The minimum Gasteiger partial charge on any atom is -0.378 e. The number of carbonyl (C=O) groups excluding carboxylic acids is 2. The average molecular weight is 420 g/mol. The zero-order valence-corrected chi connectivity index (χ0v) is 18.8. The number of benzene rings is 2. The lowest BCUT2D eigenvalue weighted by Gasteiger charge is -2.36. The van der Waals surface area contributed by atoms with E-state index in [-0.39, 0.29) is 23.3 Å². The molecule has 2 aromatic carbocycles. The summed E-state index contributed by atoms with van der Waals surface area (Å²) in [6.45, 7) is 6.19. The zero-order valence-electron chi connectivity index (χ0n) is 18.8. The molecular formula is C26H33N3O2. The minimum atomic E-state index is -0.784. The Labute approximate surface area is 185 Å². The van der Waals surface area contributed by atoms with Gasteiger partial charge >= 0.3 is 0 Å². The summed E-state index contributed by atoms with van der Waals surface area (Å²) in [6, 6.07) is 15.2. The Morgan fingerprint density at radius 3 is 2.29 bits per heavy atom. The molecule has 3 N–H and O–H groups in total. The molecule has 5 heteroatoms. The fourth-order valence-electron chi connectivity index (χ4n) is 5.02. The van der Waals surface area contributed by atoms with Crippen LogP contribution in [-0.2, 0) is 4.79 Å². The molecule has 164 valence electrons. The Bertz CT molecular complexity index is 964. The van der Waals surface area contributed by atoms with E-state index >= 15 is 0 Å². The number of hydrogen-bond acceptors (Lipinski definition) is 4. The van der Waals surface area contributed by atoms with Gasteiger partial charge in [-0.1, -0.05) is 49.6 Å². The van der Waals surface area contributed by atoms with E-state index in [1.807, 2.05) is 55.5 Å². The molecule has 1 amide bonds. The number of nitrogens with one attached hydrogen (secondary N) is 3. The molecule has 1 fully saturated rings. The zero-order chi connectivity index (χ0) is 22.1. The number of carbonyl (C=O) groups is 2. The van der Waals surface area contributed by atoms with Gasteiger partial charge in [-0.2, -0.15) is 0 Å².